The van der Waals surface area contributed by atoms with Crippen LogP contribution in [0.2, 0.25) is 0 Å². The van der Waals surface area contributed by atoms with Crippen LogP contribution in [0.15, 0.2) is 24.3 Å². The van der Waals surface area contributed by atoms with Crippen molar-refractivity contribution in [3.63, 3.8) is 0 Å². The second-order valence-corrected chi connectivity index (χ2v) is 6.75. The minimum absolute atomic E-state index is 0.343. The van der Waals surface area contributed by atoms with E-state index in [1.165, 1.54) is 19.3 Å². The zero-order valence-corrected chi connectivity index (χ0v) is 13.5. The Hall–Kier alpha value is -1.06. The molecule has 118 valence electrons. The molecule has 1 aliphatic carbocycles. The van der Waals surface area contributed by atoms with Crippen molar-refractivity contribution < 1.29 is 9.84 Å². The summed E-state index contributed by atoms with van der Waals surface area (Å²) >= 11 is 0. The molecule has 0 heterocycles. The van der Waals surface area contributed by atoms with Crippen molar-refractivity contribution in [3.05, 3.63) is 29.8 Å². The summed E-state index contributed by atoms with van der Waals surface area (Å²) in [5.41, 5.74) is 1.10. The number of ether oxygens (including phenoxy) is 1. The van der Waals surface area contributed by atoms with Gasteiger partial charge in [-0.2, -0.15) is 0 Å². The zero-order valence-electron chi connectivity index (χ0n) is 13.5. The van der Waals surface area contributed by atoms with Gasteiger partial charge in [0.25, 0.3) is 0 Å². The standard InChI is InChI=1S/C18H29NO2/c1-13-8-14(2)10-16(9-13)19-11-17(20)12-21-18-7-5-4-6-15(18)3/h4-7,13-14,16-17,19-20H,8-12H2,1-3H3. The van der Waals surface area contributed by atoms with Crippen LogP contribution in [-0.4, -0.2) is 30.4 Å². The van der Waals surface area contributed by atoms with E-state index >= 15 is 0 Å². The number of aliphatic hydroxyl groups is 1. The first-order valence-corrected chi connectivity index (χ1v) is 8.14. The van der Waals surface area contributed by atoms with Gasteiger partial charge in [0.15, 0.2) is 0 Å². The second kappa shape index (κ2) is 7.81. The van der Waals surface area contributed by atoms with Crippen LogP contribution in [-0.2, 0) is 0 Å². The molecule has 2 N–H and O–H groups in total. The van der Waals surface area contributed by atoms with Crippen molar-refractivity contribution in [2.45, 2.75) is 52.2 Å². The number of para-hydroxylation sites is 1. The number of hydrogen-bond acceptors (Lipinski definition) is 3. The molecular formula is C18H29NO2. The zero-order chi connectivity index (χ0) is 15.2. The molecule has 0 spiro atoms. The van der Waals surface area contributed by atoms with Crippen molar-refractivity contribution in [2.24, 2.45) is 11.8 Å². The summed E-state index contributed by atoms with van der Waals surface area (Å²) < 4.78 is 5.69. The van der Waals surface area contributed by atoms with Gasteiger partial charge in [-0.25, -0.2) is 0 Å². The summed E-state index contributed by atoms with van der Waals surface area (Å²) in [6.45, 7) is 7.61. The molecule has 3 unspecified atom stereocenters. The molecule has 3 nitrogen and oxygen atoms in total. The lowest BCUT2D eigenvalue weighted by atomic mass is 9.80. The summed E-state index contributed by atoms with van der Waals surface area (Å²) in [6.07, 6.45) is 3.31. The predicted molar refractivity (Wildman–Crippen MR) is 86.7 cm³/mol. The number of aliphatic hydroxyl groups excluding tert-OH is 1. The second-order valence-electron chi connectivity index (χ2n) is 6.75. The maximum Gasteiger partial charge on any atom is 0.122 e. The normalized spacial score (nSPS) is 27.3. The molecule has 0 radical (unpaired) electrons. The lowest BCUT2D eigenvalue weighted by molar-refractivity contribution is 0.0980. The van der Waals surface area contributed by atoms with Crippen molar-refractivity contribution in [1.82, 2.24) is 5.32 Å². The van der Waals surface area contributed by atoms with Crippen LogP contribution in [0.1, 0.15) is 38.7 Å². The SMILES string of the molecule is Cc1ccccc1OCC(O)CNC1CC(C)CC(C)C1. The molecule has 0 aromatic heterocycles. The van der Waals surface area contributed by atoms with Gasteiger partial charge in [0.05, 0.1) is 0 Å². The maximum absolute atomic E-state index is 10.1. The Bertz CT molecular complexity index is 425. The Labute approximate surface area is 128 Å². The van der Waals surface area contributed by atoms with E-state index in [1.54, 1.807) is 0 Å². The Morgan fingerprint density at radius 2 is 1.86 bits per heavy atom. The van der Waals surface area contributed by atoms with E-state index in [1.807, 2.05) is 31.2 Å². The van der Waals surface area contributed by atoms with Crippen LogP contribution in [0.4, 0.5) is 0 Å². The van der Waals surface area contributed by atoms with Gasteiger partial charge in [-0.15, -0.1) is 0 Å². The van der Waals surface area contributed by atoms with E-state index in [9.17, 15) is 5.11 Å². The average molecular weight is 291 g/mol. The highest BCUT2D eigenvalue weighted by atomic mass is 16.5. The van der Waals surface area contributed by atoms with E-state index in [0.717, 1.165) is 23.1 Å². The number of hydrogen-bond donors (Lipinski definition) is 2. The molecule has 1 aromatic rings. The van der Waals surface area contributed by atoms with E-state index < -0.39 is 6.10 Å². The monoisotopic (exact) mass is 291 g/mol. The van der Waals surface area contributed by atoms with Gasteiger partial charge >= 0.3 is 0 Å². The van der Waals surface area contributed by atoms with E-state index in [2.05, 4.69) is 19.2 Å². The van der Waals surface area contributed by atoms with Crippen LogP contribution < -0.4 is 10.1 Å². The molecule has 1 aliphatic rings. The minimum atomic E-state index is -0.461. The fourth-order valence-electron chi connectivity index (χ4n) is 3.38. The molecule has 0 bridgehead atoms. The maximum atomic E-state index is 10.1. The van der Waals surface area contributed by atoms with Crippen LogP contribution >= 0.6 is 0 Å². The number of aryl methyl sites for hydroxylation is 1. The third kappa shape index (κ3) is 5.33. The van der Waals surface area contributed by atoms with Gasteiger partial charge in [0, 0.05) is 12.6 Å². The smallest absolute Gasteiger partial charge is 0.122 e. The lowest BCUT2D eigenvalue weighted by Gasteiger charge is -2.32. The predicted octanol–water partition coefficient (Wildman–Crippen LogP) is 3.15. The van der Waals surface area contributed by atoms with Crippen LogP contribution in [0, 0.1) is 18.8 Å². The highest BCUT2D eigenvalue weighted by Crippen LogP contribution is 2.28. The Kier molecular flexibility index (Phi) is 6.07. The molecule has 1 saturated carbocycles. The fraction of sp³-hybridized carbons (Fsp3) is 0.667. The van der Waals surface area contributed by atoms with Crippen LogP contribution in [0.5, 0.6) is 5.75 Å². The number of benzene rings is 1. The molecule has 3 heteroatoms. The van der Waals surface area contributed by atoms with Crippen molar-refractivity contribution in [3.8, 4) is 5.75 Å². The molecular weight excluding hydrogens is 262 g/mol. The highest BCUT2D eigenvalue weighted by Gasteiger charge is 2.23. The molecule has 0 aliphatic heterocycles. The van der Waals surface area contributed by atoms with Crippen molar-refractivity contribution in [1.29, 1.82) is 0 Å². The number of nitrogens with one attached hydrogen (secondary N) is 1. The summed E-state index contributed by atoms with van der Waals surface area (Å²) in [5, 5.41) is 13.6. The average Bonchev–Trinajstić information content (AvgIpc) is 2.43. The van der Waals surface area contributed by atoms with Gasteiger partial charge in [-0.3, -0.25) is 0 Å². The third-order valence-corrected chi connectivity index (χ3v) is 4.35. The van der Waals surface area contributed by atoms with Gasteiger partial charge in [0.1, 0.15) is 18.5 Å². The molecule has 1 aromatic carbocycles. The Balaban J connectivity index is 1.70. The lowest BCUT2D eigenvalue weighted by Crippen LogP contribution is -2.41. The first kappa shape index (κ1) is 16.3. The van der Waals surface area contributed by atoms with E-state index in [0.29, 0.717) is 19.2 Å². The first-order chi connectivity index (χ1) is 10.0. The van der Waals surface area contributed by atoms with E-state index in [-0.39, 0.29) is 0 Å². The minimum Gasteiger partial charge on any atom is -0.491 e. The summed E-state index contributed by atoms with van der Waals surface area (Å²) in [5.74, 6) is 2.43. The molecule has 2 rings (SSSR count). The highest BCUT2D eigenvalue weighted by molar-refractivity contribution is 5.31. The topological polar surface area (TPSA) is 41.5 Å². The van der Waals surface area contributed by atoms with E-state index in [4.69, 9.17) is 4.74 Å². The molecule has 0 saturated heterocycles. The van der Waals surface area contributed by atoms with Gasteiger partial charge < -0.3 is 15.2 Å². The summed E-state index contributed by atoms with van der Waals surface area (Å²) in [4.78, 5) is 0. The summed E-state index contributed by atoms with van der Waals surface area (Å²) in [6, 6.07) is 8.45. The fourth-order valence-corrected chi connectivity index (χ4v) is 3.38. The van der Waals surface area contributed by atoms with Crippen molar-refractivity contribution >= 4 is 0 Å². The Morgan fingerprint density at radius 1 is 1.19 bits per heavy atom. The van der Waals surface area contributed by atoms with Gasteiger partial charge in [-0.05, 0) is 49.7 Å². The molecule has 3 atom stereocenters. The quantitative estimate of drug-likeness (QED) is 0.846. The molecule has 0 amide bonds. The Morgan fingerprint density at radius 3 is 2.52 bits per heavy atom. The molecule has 1 fully saturated rings. The first-order valence-electron chi connectivity index (χ1n) is 8.14. The van der Waals surface area contributed by atoms with Gasteiger partial charge in [0.2, 0.25) is 0 Å². The third-order valence-electron chi connectivity index (χ3n) is 4.35. The molecule has 21 heavy (non-hydrogen) atoms. The number of rotatable bonds is 6. The van der Waals surface area contributed by atoms with Crippen molar-refractivity contribution in [2.75, 3.05) is 13.2 Å². The largest absolute Gasteiger partial charge is 0.491 e. The summed E-state index contributed by atoms with van der Waals surface area (Å²) in [7, 11) is 0. The van der Waals surface area contributed by atoms with Crippen LogP contribution in [0.25, 0.3) is 0 Å². The van der Waals surface area contributed by atoms with Crippen LogP contribution in [0.3, 0.4) is 0 Å². The van der Waals surface area contributed by atoms with Gasteiger partial charge in [-0.1, -0.05) is 32.0 Å².